The van der Waals surface area contributed by atoms with Gasteiger partial charge in [0.25, 0.3) is 0 Å². The SMILES string of the molecule is C=C1COC2[C@@H](C)C(=O)O[C@H](CC)[C@@]3(C)OC(=O)NC3[C@@H](C)/C(=C/COC(=O)NCc3cccs3)[C@H](C)C[C@@](C)(OC1)[C@H](OC1O[C@H](C)C[C@H](N(C)C)[C@H]1O)[C@H]2C. The Morgan fingerprint density at radius 2 is 1.89 bits per heavy atom. The molecule has 3 unspecified atom stereocenters. The lowest BCUT2D eigenvalue weighted by Crippen LogP contribution is -2.60. The summed E-state index contributed by atoms with van der Waals surface area (Å²) in [5, 5.41) is 19.5. The Kier molecular flexibility index (Phi) is 14.9. The number of alkyl carbamates (subject to hydrolysis) is 2. The zero-order chi connectivity index (χ0) is 41.8. The molecule has 4 aliphatic heterocycles. The Morgan fingerprint density at radius 1 is 1.16 bits per heavy atom. The first kappa shape index (κ1) is 45.0. The van der Waals surface area contributed by atoms with Crippen LogP contribution in [-0.2, 0) is 44.5 Å². The Balaban J connectivity index is 1.59. The Labute approximate surface area is 341 Å². The van der Waals surface area contributed by atoms with Gasteiger partial charge in [0.2, 0.25) is 0 Å². The van der Waals surface area contributed by atoms with Crippen molar-refractivity contribution in [3.63, 3.8) is 0 Å². The summed E-state index contributed by atoms with van der Waals surface area (Å²) in [7, 11) is 3.84. The second-order valence-electron chi connectivity index (χ2n) is 17.1. The van der Waals surface area contributed by atoms with Crippen molar-refractivity contribution in [3.8, 4) is 0 Å². The van der Waals surface area contributed by atoms with E-state index >= 15 is 0 Å². The normalized spacial score (nSPS) is 40.2. The minimum atomic E-state index is -1.24. The van der Waals surface area contributed by atoms with Gasteiger partial charge in [-0.05, 0) is 90.1 Å². The van der Waals surface area contributed by atoms with Crippen LogP contribution in [0.15, 0.2) is 41.3 Å². The fourth-order valence-corrected chi connectivity index (χ4v) is 10.0. The summed E-state index contributed by atoms with van der Waals surface area (Å²) in [4.78, 5) is 43.2. The molecule has 4 fully saturated rings. The van der Waals surface area contributed by atoms with Gasteiger partial charge < -0.3 is 53.8 Å². The molecule has 3 N–H and O–H groups in total. The Hall–Kier alpha value is -3.05. The first-order valence-corrected chi connectivity index (χ1v) is 21.2. The topological polar surface area (TPSA) is 163 Å². The standard InChI is InChI=1S/C42H65N3O11S/c1-12-32-42(9)35(44-40(49)56-42)26(5)30(15-16-50-39(48)43-20-29-14-13-17-57-29)24(3)19-41(8)36(55-38-33(46)31(45(10)11)18-25(4)53-38)27(6)34(28(7)37(47)54-32)51-21-23(2)22-52-41/h13-15,17,24-28,31-36,38,46H,2,12,16,18-22H2,1,3-11H3,(H,43,48)(H,44,49)/b30-15+/t24-,25-,26+,27+,28-,31+,32-,33-,34?,35?,36-,38?,41-,42-/m1/s1. The van der Waals surface area contributed by atoms with Crippen molar-refractivity contribution in [1.82, 2.24) is 15.5 Å². The van der Waals surface area contributed by atoms with E-state index in [1.165, 1.54) is 11.3 Å². The quantitative estimate of drug-likeness (QED) is 0.170. The van der Waals surface area contributed by atoms with Crippen LogP contribution in [0.4, 0.5) is 9.59 Å². The molecule has 0 aromatic carbocycles. The second-order valence-corrected chi connectivity index (χ2v) is 18.1. The number of cyclic esters (lactones) is 1. The molecule has 5 rings (SSSR count). The van der Waals surface area contributed by atoms with Crippen LogP contribution < -0.4 is 10.6 Å². The van der Waals surface area contributed by atoms with Crippen molar-refractivity contribution in [2.45, 2.75) is 141 Å². The molecule has 57 heavy (non-hydrogen) atoms. The fourth-order valence-electron chi connectivity index (χ4n) is 9.36. The molecule has 0 saturated carbocycles. The van der Waals surface area contributed by atoms with Crippen LogP contribution in [0.3, 0.4) is 0 Å². The number of carbonyl (C=O) groups excluding carboxylic acids is 3. The van der Waals surface area contributed by atoms with Gasteiger partial charge in [-0.2, -0.15) is 0 Å². The van der Waals surface area contributed by atoms with Crippen LogP contribution in [0, 0.1) is 23.7 Å². The molecule has 5 heterocycles. The van der Waals surface area contributed by atoms with E-state index in [2.05, 4.69) is 24.1 Å². The molecule has 0 radical (unpaired) electrons. The number of nitrogens with zero attached hydrogens (tertiary/aromatic N) is 1. The molecular formula is C42H65N3O11S. The molecule has 0 aliphatic carbocycles. The van der Waals surface area contributed by atoms with Crippen LogP contribution in [0.5, 0.6) is 0 Å². The van der Waals surface area contributed by atoms with Crippen LogP contribution in [0.25, 0.3) is 0 Å². The predicted molar refractivity (Wildman–Crippen MR) is 214 cm³/mol. The van der Waals surface area contributed by atoms with Crippen molar-refractivity contribution in [2.75, 3.05) is 33.9 Å². The summed E-state index contributed by atoms with van der Waals surface area (Å²) in [5.74, 6) is -2.46. The van der Waals surface area contributed by atoms with Crippen molar-refractivity contribution < 1.29 is 52.6 Å². The summed E-state index contributed by atoms with van der Waals surface area (Å²) >= 11 is 1.54. The average molecular weight is 820 g/mol. The van der Waals surface area contributed by atoms with E-state index in [-0.39, 0.29) is 37.9 Å². The third-order valence-corrected chi connectivity index (χ3v) is 13.3. The van der Waals surface area contributed by atoms with E-state index in [0.29, 0.717) is 31.4 Å². The van der Waals surface area contributed by atoms with Gasteiger partial charge in [0, 0.05) is 22.8 Å². The molecule has 2 amide bonds. The monoisotopic (exact) mass is 819 g/mol. The van der Waals surface area contributed by atoms with E-state index in [9.17, 15) is 19.5 Å². The van der Waals surface area contributed by atoms with Gasteiger partial charge >= 0.3 is 18.2 Å². The van der Waals surface area contributed by atoms with Gasteiger partial charge in [-0.25, -0.2) is 9.59 Å². The second kappa shape index (κ2) is 18.9. The molecule has 14 nitrogen and oxygen atoms in total. The number of aliphatic hydroxyl groups excluding tert-OH is 1. The molecule has 4 saturated heterocycles. The number of esters is 1. The highest BCUT2D eigenvalue weighted by Crippen LogP contribution is 2.44. The Morgan fingerprint density at radius 3 is 2.56 bits per heavy atom. The van der Waals surface area contributed by atoms with Gasteiger partial charge in [-0.3, -0.25) is 4.79 Å². The summed E-state index contributed by atoms with van der Waals surface area (Å²) in [6, 6.07) is 3.01. The number of rotatable bonds is 8. The number of hydrogen-bond donors (Lipinski definition) is 3. The van der Waals surface area contributed by atoms with E-state index in [1.54, 1.807) is 13.8 Å². The number of thiophene rings is 1. The largest absolute Gasteiger partial charge is 0.458 e. The lowest BCUT2D eigenvalue weighted by molar-refractivity contribution is -0.302. The predicted octanol–water partition coefficient (Wildman–Crippen LogP) is 5.58. The van der Waals surface area contributed by atoms with Crippen LogP contribution in [0.1, 0.15) is 79.5 Å². The molecule has 4 aliphatic rings. The number of likely N-dealkylation sites (N-methyl/N-ethyl adjacent to an activating group) is 1. The number of amides is 2. The van der Waals surface area contributed by atoms with E-state index in [0.717, 1.165) is 10.5 Å². The smallest absolute Gasteiger partial charge is 0.408 e. The summed E-state index contributed by atoms with van der Waals surface area (Å²) in [6.45, 7) is 20.2. The number of nitrogens with one attached hydrogen (secondary N) is 2. The van der Waals surface area contributed by atoms with Crippen molar-refractivity contribution in [3.05, 3.63) is 46.2 Å². The van der Waals surface area contributed by atoms with Gasteiger partial charge in [0.15, 0.2) is 11.9 Å². The van der Waals surface area contributed by atoms with Crippen molar-refractivity contribution in [1.29, 1.82) is 0 Å². The van der Waals surface area contributed by atoms with Crippen molar-refractivity contribution in [2.24, 2.45) is 23.7 Å². The van der Waals surface area contributed by atoms with Crippen LogP contribution >= 0.6 is 11.3 Å². The molecule has 1 aromatic heterocycles. The first-order chi connectivity index (χ1) is 26.9. The van der Waals surface area contributed by atoms with Gasteiger partial charge in [-0.1, -0.05) is 45.9 Å². The maximum Gasteiger partial charge on any atom is 0.408 e. The number of aliphatic hydroxyl groups is 1. The zero-order valence-electron chi connectivity index (χ0n) is 35.3. The molecule has 14 atom stereocenters. The average Bonchev–Trinajstić information content (AvgIpc) is 3.80. The lowest BCUT2D eigenvalue weighted by Gasteiger charge is -2.49. The summed E-state index contributed by atoms with van der Waals surface area (Å²) in [5.41, 5.74) is -0.775. The summed E-state index contributed by atoms with van der Waals surface area (Å²) < 4.78 is 44.7. The molecular weight excluding hydrogens is 755 g/mol. The van der Waals surface area contributed by atoms with Gasteiger partial charge in [0.05, 0.1) is 55.6 Å². The number of fused-ring (bicyclic) bond motifs is 4. The minimum absolute atomic E-state index is 0.0469. The zero-order valence-corrected chi connectivity index (χ0v) is 36.1. The Bertz CT molecular complexity index is 1590. The first-order valence-electron chi connectivity index (χ1n) is 20.3. The number of ether oxygens (including phenoxy) is 7. The van der Waals surface area contributed by atoms with Crippen LogP contribution in [0.2, 0.25) is 0 Å². The molecule has 2 bridgehead atoms. The molecule has 1 aromatic rings. The maximum absolute atomic E-state index is 14.3. The van der Waals surface area contributed by atoms with Gasteiger partial charge in [0.1, 0.15) is 18.8 Å². The molecule has 0 spiro atoms. The minimum Gasteiger partial charge on any atom is -0.458 e. The third kappa shape index (κ3) is 10.2. The highest BCUT2D eigenvalue weighted by atomic mass is 32.1. The maximum atomic E-state index is 14.3. The van der Waals surface area contributed by atoms with Gasteiger partial charge in [-0.15, -0.1) is 11.3 Å². The highest BCUT2D eigenvalue weighted by molar-refractivity contribution is 7.09. The summed E-state index contributed by atoms with van der Waals surface area (Å²) in [6.07, 6.45) is -2.45. The number of hydrogen-bond acceptors (Lipinski definition) is 13. The molecule has 320 valence electrons. The fraction of sp³-hybridized carbons (Fsp3) is 0.738. The van der Waals surface area contributed by atoms with Crippen molar-refractivity contribution >= 4 is 29.5 Å². The lowest BCUT2D eigenvalue weighted by atomic mass is 9.71. The highest BCUT2D eigenvalue weighted by Gasteiger charge is 2.57. The third-order valence-electron chi connectivity index (χ3n) is 12.4. The van der Waals surface area contributed by atoms with E-state index in [1.807, 2.05) is 77.2 Å². The molecule has 15 heteroatoms. The van der Waals surface area contributed by atoms with Crippen LogP contribution in [-0.4, -0.2) is 122 Å². The number of carbonyl (C=O) groups is 3. The van der Waals surface area contributed by atoms with E-state index in [4.69, 9.17) is 33.2 Å². The van der Waals surface area contributed by atoms with E-state index < -0.39 is 83.9 Å².